The molecule has 1 aliphatic rings. The summed E-state index contributed by atoms with van der Waals surface area (Å²) in [5.41, 5.74) is 1.87. The molecule has 1 fully saturated rings. The molecule has 0 radical (unpaired) electrons. The molecule has 7 heteroatoms. The van der Waals surface area contributed by atoms with Crippen molar-refractivity contribution in [2.75, 3.05) is 18.4 Å². The lowest BCUT2D eigenvalue weighted by Gasteiger charge is -2.14. The minimum Gasteiger partial charge on any atom is -0.309 e. The Morgan fingerprint density at radius 2 is 2.50 bits per heavy atom. The van der Waals surface area contributed by atoms with Gasteiger partial charge in [-0.15, -0.1) is 11.3 Å². The van der Waals surface area contributed by atoms with Gasteiger partial charge in [0.25, 0.3) is 0 Å². The van der Waals surface area contributed by atoms with E-state index in [0.717, 1.165) is 26.1 Å². The van der Waals surface area contributed by atoms with Crippen molar-refractivity contribution in [2.24, 2.45) is 0 Å². The zero-order valence-corrected chi connectivity index (χ0v) is 12.1. The number of thiazole rings is 1. The summed E-state index contributed by atoms with van der Waals surface area (Å²) >= 11 is 1.70. The molecule has 1 N–H and O–H groups in total. The van der Waals surface area contributed by atoms with Crippen LogP contribution in [0.15, 0.2) is 24.0 Å². The third-order valence-corrected chi connectivity index (χ3v) is 4.16. The van der Waals surface area contributed by atoms with E-state index in [2.05, 4.69) is 20.3 Å². The maximum Gasteiger partial charge on any atom is 0.222 e. The van der Waals surface area contributed by atoms with E-state index in [-0.39, 0.29) is 5.91 Å². The highest BCUT2D eigenvalue weighted by Gasteiger charge is 2.24. The van der Waals surface area contributed by atoms with E-state index >= 15 is 0 Å². The van der Waals surface area contributed by atoms with Crippen molar-refractivity contribution in [3.05, 3.63) is 28.8 Å². The largest absolute Gasteiger partial charge is 0.309 e. The Morgan fingerprint density at radius 1 is 1.60 bits per heavy atom. The second-order valence-corrected chi connectivity index (χ2v) is 5.98. The van der Waals surface area contributed by atoms with Gasteiger partial charge in [0.2, 0.25) is 5.91 Å². The minimum atomic E-state index is -0.0894. The number of carbonyl (C=O) groups excluding carboxylic acids is 1. The molecule has 2 aromatic rings. The van der Waals surface area contributed by atoms with Crippen LogP contribution in [0.4, 0.5) is 5.82 Å². The van der Waals surface area contributed by atoms with Crippen LogP contribution in [0.5, 0.6) is 0 Å². The van der Waals surface area contributed by atoms with Crippen LogP contribution >= 0.6 is 11.3 Å². The Balaban J connectivity index is 1.59. The van der Waals surface area contributed by atoms with Gasteiger partial charge in [-0.05, 0) is 6.42 Å². The number of aromatic nitrogens is 3. The fourth-order valence-electron chi connectivity index (χ4n) is 2.50. The van der Waals surface area contributed by atoms with Gasteiger partial charge in [-0.1, -0.05) is 0 Å². The maximum atomic E-state index is 11.0. The van der Waals surface area contributed by atoms with Crippen molar-refractivity contribution in [1.29, 1.82) is 0 Å². The molecule has 0 spiro atoms. The Kier molecular flexibility index (Phi) is 3.79. The van der Waals surface area contributed by atoms with Crippen molar-refractivity contribution in [1.82, 2.24) is 19.7 Å². The Morgan fingerprint density at radius 3 is 3.25 bits per heavy atom. The zero-order chi connectivity index (χ0) is 13.9. The third-order valence-electron chi connectivity index (χ3n) is 3.40. The molecule has 1 saturated heterocycles. The van der Waals surface area contributed by atoms with Gasteiger partial charge >= 0.3 is 0 Å². The molecule has 2 aromatic heterocycles. The predicted molar refractivity (Wildman–Crippen MR) is 77.6 cm³/mol. The maximum absolute atomic E-state index is 11.0. The Hall–Kier alpha value is -1.73. The van der Waals surface area contributed by atoms with Gasteiger partial charge < -0.3 is 5.32 Å². The molecule has 6 nitrogen and oxygen atoms in total. The van der Waals surface area contributed by atoms with Gasteiger partial charge in [-0.3, -0.25) is 19.4 Å². The highest BCUT2D eigenvalue weighted by atomic mass is 32.1. The van der Waals surface area contributed by atoms with Gasteiger partial charge in [0, 0.05) is 49.9 Å². The number of rotatable bonds is 4. The number of nitrogens with one attached hydrogen (secondary N) is 1. The molecule has 3 rings (SSSR count). The van der Waals surface area contributed by atoms with Crippen LogP contribution in [0, 0.1) is 0 Å². The first-order valence-corrected chi connectivity index (χ1v) is 7.51. The molecule has 0 unspecified atom stereocenters. The molecular formula is C13H17N5OS. The van der Waals surface area contributed by atoms with E-state index < -0.39 is 0 Å². The Bertz CT molecular complexity index is 579. The zero-order valence-electron chi connectivity index (χ0n) is 11.3. The molecule has 0 saturated carbocycles. The normalized spacial score (nSPS) is 19.4. The van der Waals surface area contributed by atoms with Crippen LogP contribution in [-0.2, 0) is 11.3 Å². The first kappa shape index (κ1) is 13.3. The second-order valence-electron chi connectivity index (χ2n) is 5.01. The van der Waals surface area contributed by atoms with Crippen LogP contribution in [0.1, 0.15) is 24.3 Å². The van der Waals surface area contributed by atoms with Gasteiger partial charge in [0.05, 0.1) is 11.6 Å². The van der Waals surface area contributed by atoms with Gasteiger partial charge in [0.15, 0.2) is 5.82 Å². The lowest BCUT2D eigenvalue weighted by Crippen LogP contribution is -2.21. The summed E-state index contributed by atoms with van der Waals surface area (Å²) in [6, 6.07) is 2.22. The smallest absolute Gasteiger partial charge is 0.222 e. The molecule has 3 heterocycles. The lowest BCUT2D eigenvalue weighted by molar-refractivity contribution is -0.114. The van der Waals surface area contributed by atoms with E-state index in [1.165, 1.54) is 11.8 Å². The molecule has 0 aromatic carbocycles. The van der Waals surface area contributed by atoms with Crippen LogP contribution < -0.4 is 5.32 Å². The van der Waals surface area contributed by atoms with E-state index in [4.69, 9.17) is 0 Å². The highest BCUT2D eigenvalue weighted by Crippen LogP contribution is 2.24. The summed E-state index contributed by atoms with van der Waals surface area (Å²) in [7, 11) is 0. The molecule has 1 amide bonds. The molecular weight excluding hydrogens is 274 g/mol. The van der Waals surface area contributed by atoms with Gasteiger partial charge in [-0.2, -0.15) is 5.10 Å². The van der Waals surface area contributed by atoms with Crippen LogP contribution in [0.3, 0.4) is 0 Å². The first-order valence-electron chi connectivity index (χ1n) is 6.63. The monoisotopic (exact) mass is 291 g/mol. The summed E-state index contributed by atoms with van der Waals surface area (Å²) in [4.78, 5) is 18.8. The van der Waals surface area contributed by atoms with Crippen molar-refractivity contribution >= 4 is 23.1 Å². The fourth-order valence-corrected chi connectivity index (χ4v) is 3.14. The van der Waals surface area contributed by atoms with E-state index in [0.29, 0.717) is 11.9 Å². The fraction of sp³-hybridized carbons (Fsp3) is 0.462. The summed E-state index contributed by atoms with van der Waals surface area (Å²) in [6.45, 7) is 4.50. The number of amides is 1. The van der Waals surface area contributed by atoms with E-state index in [1.54, 1.807) is 11.3 Å². The number of nitrogens with zero attached hydrogens (tertiary/aromatic N) is 4. The number of hydrogen-bond acceptors (Lipinski definition) is 5. The van der Waals surface area contributed by atoms with Crippen molar-refractivity contribution < 1.29 is 4.79 Å². The summed E-state index contributed by atoms with van der Waals surface area (Å²) < 4.78 is 1.96. The first-order chi connectivity index (χ1) is 9.70. The number of anilines is 1. The summed E-state index contributed by atoms with van der Waals surface area (Å²) in [6.07, 6.45) is 4.95. The minimum absolute atomic E-state index is 0.0894. The molecule has 0 bridgehead atoms. The average molecular weight is 291 g/mol. The van der Waals surface area contributed by atoms with Crippen LogP contribution in [-0.4, -0.2) is 38.7 Å². The molecule has 0 aliphatic carbocycles. The van der Waals surface area contributed by atoms with Crippen molar-refractivity contribution in [3.63, 3.8) is 0 Å². The molecule has 20 heavy (non-hydrogen) atoms. The quantitative estimate of drug-likeness (QED) is 0.932. The van der Waals surface area contributed by atoms with Gasteiger partial charge in [0.1, 0.15) is 0 Å². The standard InChI is InChI=1S/C13H17N5OS/c1-10(19)15-13-3-5-18(16-13)11-2-4-17(7-11)8-12-6-14-9-20-12/h3,5-6,9,11H,2,4,7-8H2,1H3,(H,15,16,19)/t11-/m0/s1. The van der Waals surface area contributed by atoms with Crippen molar-refractivity contribution in [2.45, 2.75) is 25.9 Å². The highest BCUT2D eigenvalue weighted by molar-refractivity contribution is 7.09. The van der Waals surface area contributed by atoms with Gasteiger partial charge in [-0.25, -0.2) is 0 Å². The average Bonchev–Trinajstić information content (AvgIpc) is 3.09. The summed E-state index contributed by atoms with van der Waals surface area (Å²) in [5.74, 6) is 0.534. The van der Waals surface area contributed by atoms with Crippen molar-refractivity contribution in [3.8, 4) is 0 Å². The Labute approximate surface area is 121 Å². The second kappa shape index (κ2) is 5.72. The topological polar surface area (TPSA) is 63.1 Å². The summed E-state index contributed by atoms with van der Waals surface area (Å²) in [5, 5.41) is 7.12. The molecule has 106 valence electrons. The van der Waals surface area contributed by atoms with E-state index in [1.807, 2.05) is 28.7 Å². The lowest BCUT2D eigenvalue weighted by atomic mass is 10.3. The number of likely N-dealkylation sites (tertiary alicyclic amines) is 1. The number of hydrogen-bond donors (Lipinski definition) is 1. The SMILES string of the molecule is CC(=O)Nc1ccn([C@H]2CCN(Cc3cncs3)C2)n1. The third kappa shape index (κ3) is 3.05. The van der Waals surface area contributed by atoms with E-state index in [9.17, 15) is 4.79 Å². The predicted octanol–water partition coefficient (Wildman–Crippen LogP) is 1.75. The molecule has 1 atom stereocenters. The van der Waals surface area contributed by atoms with Crippen LogP contribution in [0.25, 0.3) is 0 Å². The van der Waals surface area contributed by atoms with Crippen LogP contribution in [0.2, 0.25) is 0 Å². The molecule has 1 aliphatic heterocycles. The number of carbonyl (C=O) groups is 1.